The molecule has 7 heteroatoms. The molecule has 1 heterocycles. The van der Waals surface area contributed by atoms with E-state index in [2.05, 4.69) is 21.0 Å². The lowest BCUT2D eigenvalue weighted by Gasteiger charge is -2.12. The van der Waals surface area contributed by atoms with E-state index < -0.39 is 11.9 Å². The molecule has 3 N–H and O–H groups in total. The van der Waals surface area contributed by atoms with Crippen LogP contribution in [0.25, 0.3) is 0 Å². The fraction of sp³-hybridized carbons (Fsp3) is 0.250. The Morgan fingerprint density at radius 1 is 1.55 bits per heavy atom. The summed E-state index contributed by atoms with van der Waals surface area (Å²) in [4.78, 5) is 0. The first-order valence-corrected chi connectivity index (χ1v) is 3.29. The molecule has 0 aliphatic heterocycles. The lowest BCUT2D eigenvalue weighted by Crippen LogP contribution is -2.32. The van der Waals surface area contributed by atoms with Gasteiger partial charge in [0.15, 0.2) is 10.4 Å². The number of hydrogen-bond donors (Lipinski definition) is 3. The Kier molecular flexibility index (Phi) is 1.97. The topological polar surface area (TPSA) is 78.5 Å². The highest BCUT2D eigenvalue weighted by Crippen LogP contribution is 2.14. The third-order valence-electron chi connectivity index (χ3n) is 0.936. The molecule has 0 unspecified atom stereocenters. The maximum absolute atomic E-state index is 12.4. The molecule has 0 amide bonds. The molecule has 0 aliphatic carbocycles. The number of rotatable bonds is 1. The number of hydrogen-bond acceptors (Lipinski definition) is 4. The minimum atomic E-state index is -3.16. The molecule has 0 aliphatic rings. The zero-order chi connectivity index (χ0) is 8.65. The monoisotopic (exact) mass is 226 g/mol. The molecule has 62 valence electrons. The van der Waals surface area contributed by atoms with Gasteiger partial charge in [-0.15, -0.1) is 0 Å². The molecule has 0 spiro atoms. The van der Waals surface area contributed by atoms with Gasteiger partial charge in [-0.2, -0.15) is 9.78 Å². The standard InChI is InChI=1S/C4H4BrFN2O3/c5-3-2(6)1-8(7-3)4(9,10)11/h1,9-11H. The van der Waals surface area contributed by atoms with Crippen LogP contribution >= 0.6 is 15.9 Å². The van der Waals surface area contributed by atoms with Crippen LogP contribution < -0.4 is 0 Å². The van der Waals surface area contributed by atoms with Gasteiger partial charge in [-0.05, 0) is 15.9 Å². The van der Waals surface area contributed by atoms with E-state index in [4.69, 9.17) is 15.3 Å². The first-order chi connectivity index (χ1) is 4.91. The Labute approximate surface area is 68.8 Å². The Hall–Kier alpha value is -0.500. The summed E-state index contributed by atoms with van der Waals surface area (Å²) in [7, 11) is 0. The summed E-state index contributed by atoms with van der Waals surface area (Å²) in [5, 5.41) is 28.5. The van der Waals surface area contributed by atoms with Crippen molar-refractivity contribution in [1.82, 2.24) is 9.78 Å². The highest BCUT2D eigenvalue weighted by Gasteiger charge is 2.24. The van der Waals surface area contributed by atoms with E-state index in [-0.39, 0.29) is 9.28 Å². The van der Waals surface area contributed by atoms with Crippen molar-refractivity contribution >= 4 is 15.9 Å². The highest BCUT2D eigenvalue weighted by atomic mass is 79.9. The molecule has 0 saturated heterocycles. The van der Waals surface area contributed by atoms with Gasteiger partial charge in [-0.3, -0.25) is 0 Å². The van der Waals surface area contributed by atoms with E-state index >= 15 is 0 Å². The van der Waals surface area contributed by atoms with Crippen LogP contribution in [0.4, 0.5) is 4.39 Å². The first kappa shape index (κ1) is 8.60. The fourth-order valence-corrected chi connectivity index (χ4v) is 0.759. The van der Waals surface area contributed by atoms with Crippen molar-refractivity contribution in [3.05, 3.63) is 16.6 Å². The molecule has 0 fully saturated rings. The molecule has 0 atom stereocenters. The third kappa shape index (κ3) is 1.74. The second-order valence-corrected chi connectivity index (χ2v) is 2.56. The molecule has 11 heavy (non-hydrogen) atoms. The number of aliphatic hydroxyl groups is 3. The average molecular weight is 227 g/mol. The highest BCUT2D eigenvalue weighted by molar-refractivity contribution is 9.10. The van der Waals surface area contributed by atoms with Crippen LogP contribution in [0.5, 0.6) is 0 Å². The Morgan fingerprint density at radius 2 is 2.09 bits per heavy atom. The van der Waals surface area contributed by atoms with Gasteiger partial charge in [0, 0.05) is 0 Å². The van der Waals surface area contributed by atoms with E-state index in [9.17, 15) is 4.39 Å². The molecule has 1 aromatic heterocycles. The third-order valence-corrected chi connectivity index (χ3v) is 1.47. The zero-order valence-electron chi connectivity index (χ0n) is 5.07. The summed E-state index contributed by atoms with van der Waals surface area (Å²) in [6, 6.07) is 0. The van der Waals surface area contributed by atoms with Crippen LogP contribution in [0.15, 0.2) is 10.8 Å². The van der Waals surface area contributed by atoms with Gasteiger partial charge < -0.3 is 15.3 Å². The Bertz CT molecular complexity index is 249. The summed E-state index contributed by atoms with van der Waals surface area (Å²) in [6.45, 7) is 0. The van der Waals surface area contributed by atoms with E-state index in [1.807, 2.05) is 0 Å². The quantitative estimate of drug-likeness (QED) is 0.556. The second-order valence-electron chi connectivity index (χ2n) is 1.81. The molecule has 1 aromatic rings. The van der Waals surface area contributed by atoms with E-state index in [0.29, 0.717) is 6.20 Å². The van der Waals surface area contributed by atoms with Crippen molar-refractivity contribution < 1.29 is 19.7 Å². The van der Waals surface area contributed by atoms with Crippen LogP contribution in [-0.2, 0) is 6.10 Å². The van der Waals surface area contributed by atoms with Gasteiger partial charge in [0.2, 0.25) is 0 Å². The summed E-state index contributed by atoms with van der Waals surface area (Å²) in [6.07, 6.45) is -2.53. The van der Waals surface area contributed by atoms with Crippen LogP contribution in [0.2, 0.25) is 0 Å². The predicted molar refractivity (Wildman–Crippen MR) is 34.5 cm³/mol. The van der Waals surface area contributed by atoms with Crippen molar-refractivity contribution in [2.24, 2.45) is 0 Å². The maximum atomic E-state index is 12.4. The van der Waals surface area contributed by atoms with Gasteiger partial charge in [0.25, 0.3) is 0 Å². The molecule has 1 rings (SSSR count). The van der Waals surface area contributed by atoms with Gasteiger partial charge in [-0.1, -0.05) is 0 Å². The number of halogens is 2. The minimum Gasteiger partial charge on any atom is -0.324 e. The van der Waals surface area contributed by atoms with Crippen molar-refractivity contribution in [2.45, 2.75) is 6.10 Å². The van der Waals surface area contributed by atoms with Gasteiger partial charge in [-0.25, -0.2) is 4.39 Å². The van der Waals surface area contributed by atoms with Crippen molar-refractivity contribution in [2.75, 3.05) is 0 Å². The van der Waals surface area contributed by atoms with Crippen LogP contribution in [0.1, 0.15) is 0 Å². The zero-order valence-corrected chi connectivity index (χ0v) is 6.66. The Morgan fingerprint density at radius 3 is 2.27 bits per heavy atom. The summed E-state index contributed by atoms with van der Waals surface area (Å²) >= 11 is 2.67. The lowest BCUT2D eigenvalue weighted by atomic mass is 10.7. The summed E-state index contributed by atoms with van der Waals surface area (Å²) in [5.74, 6) is -0.800. The lowest BCUT2D eigenvalue weighted by molar-refractivity contribution is -0.381. The van der Waals surface area contributed by atoms with Gasteiger partial charge in [0.1, 0.15) is 0 Å². The smallest absolute Gasteiger partial charge is 0.324 e. The minimum absolute atomic E-state index is 0.209. The first-order valence-electron chi connectivity index (χ1n) is 2.49. The SMILES string of the molecule is OC(O)(O)n1cc(F)c(Br)n1. The van der Waals surface area contributed by atoms with Crippen molar-refractivity contribution in [3.8, 4) is 0 Å². The predicted octanol–water partition coefficient (Wildman–Crippen LogP) is -0.671. The van der Waals surface area contributed by atoms with Crippen molar-refractivity contribution in [1.29, 1.82) is 0 Å². The number of nitrogens with zero attached hydrogens (tertiary/aromatic N) is 2. The fourth-order valence-electron chi connectivity index (χ4n) is 0.486. The molecule has 0 saturated carbocycles. The van der Waals surface area contributed by atoms with E-state index in [1.165, 1.54) is 0 Å². The van der Waals surface area contributed by atoms with Gasteiger partial charge in [0.05, 0.1) is 6.20 Å². The van der Waals surface area contributed by atoms with Crippen LogP contribution in [-0.4, -0.2) is 25.1 Å². The van der Waals surface area contributed by atoms with E-state index in [0.717, 1.165) is 0 Å². The van der Waals surface area contributed by atoms with E-state index in [1.54, 1.807) is 0 Å². The van der Waals surface area contributed by atoms with Crippen LogP contribution in [0, 0.1) is 5.82 Å². The molecular formula is C4H4BrFN2O3. The maximum Gasteiger partial charge on any atom is 0.389 e. The van der Waals surface area contributed by atoms with Crippen LogP contribution in [0.3, 0.4) is 0 Å². The molecule has 5 nitrogen and oxygen atoms in total. The summed E-state index contributed by atoms with van der Waals surface area (Å²) in [5.41, 5.74) is 0. The largest absolute Gasteiger partial charge is 0.389 e. The molecule has 0 bridgehead atoms. The van der Waals surface area contributed by atoms with Crippen molar-refractivity contribution in [3.63, 3.8) is 0 Å². The summed E-state index contributed by atoms with van der Waals surface area (Å²) < 4.78 is 12.5. The molecule has 0 radical (unpaired) electrons. The average Bonchev–Trinajstić information content (AvgIpc) is 2.11. The second kappa shape index (κ2) is 2.52. The number of aromatic nitrogens is 2. The normalized spacial score (nSPS) is 12.1. The van der Waals surface area contributed by atoms with Gasteiger partial charge >= 0.3 is 6.10 Å². The Balaban J connectivity index is 3.08. The molecular weight excluding hydrogens is 223 g/mol. The molecule has 0 aromatic carbocycles.